The standard InChI is InChI=1S/C13H20N2O2S.ClH/c1-13(2)8-15(6-4-10(13)14)12(16)11-9(17-3)5-7-18-11;/h5,7,10H,4,6,8,14H2,1-3H3;1H. The lowest BCUT2D eigenvalue weighted by Crippen LogP contribution is -2.53. The van der Waals surface area contributed by atoms with Crippen molar-refractivity contribution in [1.29, 1.82) is 0 Å². The number of thiophene rings is 1. The zero-order chi connectivity index (χ0) is 13.3. The first-order valence-electron chi connectivity index (χ1n) is 6.12. The van der Waals surface area contributed by atoms with Crippen molar-refractivity contribution in [3.05, 3.63) is 16.3 Å². The Balaban J connectivity index is 0.00000180. The smallest absolute Gasteiger partial charge is 0.267 e. The van der Waals surface area contributed by atoms with E-state index in [0.717, 1.165) is 13.0 Å². The molecule has 2 rings (SSSR count). The first-order valence-corrected chi connectivity index (χ1v) is 7.00. The van der Waals surface area contributed by atoms with Gasteiger partial charge in [0.1, 0.15) is 10.6 Å². The maximum Gasteiger partial charge on any atom is 0.267 e. The van der Waals surface area contributed by atoms with Gasteiger partial charge in [-0.3, -0.25) is 4.79 Å². The highest BCUT2D eigenvalue weighted by Gasteiger charge is 2.36. The van der Waals surface area contributed by atoms with E-state index in [1.54, 1.807) is 7.11 Å². The van der Waals surface area contributed by atoms with Gasteiger partial charge in [-0.15, -0.1) is 23.7 Å². The first-order chi connectivity index (χ1) is 8.45. The Bertz CT molecular complexity index is 448. The fourth-order valence-corrected chi connectivity index (χ4v) is 3.13. The number of likely N-dealkylation sites (tertiary alicyclic amines) is 1. The molecular weight excluding hydrogens is 284 g/mol. The summed E-state index contributed by atoms with van der Waals surface area (Å²) in [5.41, 5.74) is 6.06. The van der Waals surface area contributed by atoms with Crippen LogP contribution in [0.2, 0.25) is 0 Å². The number of methoxy groups -OCH3 is 1. The molecule has 1 aromatic rings. The molecule has 0 spiro atoms. The van der Waals surface area contributed by atoms with E-state index in [1.807, 2.05) is 16.3 Å². The van der Waals surface area contributed by atoms with E-state index in [2.05, 4.69) is 13.8 Å². The van der Waals surface area contributed by atoms with E-state index in [9.17, 15) is 4.79 Å². The number of halogens is 1. The summed E-state index contributed by atoms with van der Waals surface area (Å²) in [7, 11) is 1.59. The fraction of sp³-hybridized carbons (Fsp3) is 0.615. The first kappa shape index (κ1) is 16.3. The number of nitrogens with zero attached hydrogens (tertiary/aromatic N) is 1. The molecule has 19 heavy (non-hydrogen) atoms. The number of nitrogens with two attached hydrogens (primary N) is 1. The second-order valence-corrected chi connectivity index (χ2v) is 6.34. The zero-order valence-electron chi connectivity index (χ0n) is 11.5. The summed E-state index contributed by atoms with van der Waals surface area (Å²) in [5.74, 6) is 0.722. The minimum Gasteiger partial charge on any atom is -0.495 e. The van der Waals surface area contributed by atoms with Crippen LogP contribution in [-0.4, -0.2) is 37.0 Å². The summed E-state index contributed by atoms with van der Waals surface area (Å²) in [6, 6.07) is 1.99. The van der Waals surface area contributed by atoms with E-state index in [0.29, 0.717) is 17.2 Å². The van der Waals surface area contributed by atoms with Gasteiger partial charge in [-0.25, -0.2) is 0 Å². The minimum absolute atomic E-state index is 0. The van der Waals surface area contributed by atoms with Gasteiger partial charge in [0.15, 0.2) is 0 Å². The molecule has 0 saturated carbocycles. The monoisotopic (exact) mass is 304 g/mol. The number of amides is 1. The molecule has 1 aliphatic rings. The molecule has 0 aliphatic carbocycles. The van der Waals surface area contributed by atoms with Crippen LogP contribution in [-0.2, 0) is 0 Å². The Morgan fingerprint density at radius 3 is 2.84 bits per heavy atom. The highest BCUT2D eigenvalue weighted by Crippen LogP contribution is 2.31. The van der Waals surface area contributed by atoms with Crippen molar-refractivity contribution in [2.24, 2.45) is 11.1 Å². The van der Waals surface area contributed by atoms with Crippen LogP contribution in [0.3, 0.4) is 0 Å². The highest BCUT2D eigenvalue weighted by atomic mass is 35.5. The van der Waals surface area contributed by atoms with Crippen molar-refractivity contribution in [3.8, 4) is 5.75 Å². The summed E-state index contributed by atoms with van der Waals surface area (Å²) in [5, 5.41) is 1.88. The van der Waals surface area contributed by atoms with Crippen molar-refractivity contribution in [1.82, 2.24) is 4.90 Å². The van der Waals surface area contributed by atoms with Crippen LogP contribution in [0.4, 0.5) is 0 Å². The average Bonchev–Trinajstić information content (AvgIpc) is 2.79. The lowest BCUT2D eigenvalue weighted by atomic mass is 9.79. The van der Waals surface area contributed by atoms with Crippen LogP contribution in [0.25, 0.3) is 0 Å². The number of ether oxygens (including phenoxy) is 1. The number of hydrogen-bond acceptors (Lipinski definition) is 4. The van der Waals surface area contributed by atoms with Crippen LogP contribution in [0, 0.1) is 5.41 Å². The van der Waals surface area contributed by atoms with Gasteiger partial charge in [0.05, 0.1) is 7.11 Å². The molecule has 1 unspecified atom stereocenters. The van der Waals surface area contributed by atoms with Crippen LogP contribution in [0.5, 0.6) is 5.75 Å². The maximum atomic E-state index is 12.5. The summed E-state index contributed by atoms with van der Waals surface area (Å²) in [6.45, 7) is 5.66. The van der Waals surface area contributed by atoms with Crippen LogP contribution >= 0.6 is 23.7 Å². The molecule has 0 aromatic carbocycles. The van der Waals surface area contributed by atoms with Gasteiger partial charge >= 0.3 is 0 Å². The fourth-order valence-electron chi connectivity index (χ4n) is 2.31. The lowest BCUT2D eigenvalue weighted by Gasteiger charge is -2.42. The third-order valence-electron chi connectivity index (χ3n) is 3.64. The molecule has 1 saturated heterocycles. The number of carbonyl (C=O) groups is 1. The van der Waals surface area contributed by atoms with Gasteiger partial charge in [-0.05, 0) is 23.3 Å². The second kappa shape index (κ2) is 6.11. The molecule has 1 aliphatic heterocycles. The summed E-state index contributed by atoms with van der Waals surface area (Å²) in [6.07, 6.45) is 0.854. The molecule has 2 N–H and O–H groups in total. The van der Waals surface area contributed by atoms with E-state index < -0.39 is 0 Å². The topological polar surface area (TPSA) is 55.6 Å². The summed E-state index contributed by atoms with van der Waals surface area (Å²) in [4.78, 5) is 15.0. The molecule has 1 fully saturated rings. The van der Waals surface area contributed by atoms with E-state index >= 15 is 0 Å². The number of carbonyl (C=O) groups excluding carboxylic acids is 1. The normalized spacial score (nSPS) is 21.7. The minimum atomic E-state index is -0.0294. The van der Waals surface area contributed by atoms with Crippen LogP contribution in [0.1, 0.15) is 29.9 Å². The average molecular weight is 305 g/mol. The molecule has 1 amide bonds. The second-order valence-electron chi connectivity index (χ2n) is 5.43. The number of piperidine rings is 1. The maximum absolute atomic E-state index is 12.5. The predicted octanol–water partition coefficient (Wildman–Crippen LogP) is 2.38. The Morgan fingerprint density at radius 2 is 2.26 bits per heavy atom. The van der Waals surface area contributed by atoms with Gasteiger partial charge < -0.3 is 15.4 Å². The molecule has 4 nitrogen and oxygen atoms in total. The van der Waals surface area contributed by atoms with Gasteiger partial charge in [-0.2, -0.15) is 0 Å². The largest absolute Gasteiger partial charge is 0.495 e. The lowest BCUT2D eigenvalue weighted by molar-refractivity contribution is 0.0535. The van der Waals surface area contributed by atoms with Gasteiger partial charge in [0.2, 0.25) is 0 Å². The Kier molecular flexibility index (Phi) is 5.24. The van der Waals surface area contributed by atoms with Gasteiger partial charge in [0, 0.05) is 19.1 Å². The zero-order valence-corrected chi connectivity index (χ0v) is 13.1. The molecule has 6 heteroatoms. The molecule has 0 bridgehead atoms. The van der Waals surface area contributed by atoms with E-state index in [1.165, 1.54) is 11.3 Å². The molecule has 1 aromatic heterocycles. The van der Waals surface area contributed by atoms with E-state index in [4.69, 9.17) is 10.5 Å². The Hall–Kier alpha value is -0.780. The van der Waals surface area contributed by atoms with Gasteiger partial charge in [0.25, 0.3) is 5.91 Å². The van der Waals surface area contributed by atoms with Crippen molar-refractivity contribution >= 4 is 29.7 Å². The van der Waals surface area contributed by atoms with Crippen LogP contribution in [0.15, 0.2) is 11.4 Å². The van der Waals surface area contributed by atoms with Crippen molar-refractivity contribution in [3.63, 3.8) is 0 Å². The quantitative estimate of drug-likeness (QED) is 0.912. The molecule has 1 atom stereocenters. The van der Waals surface area contributed by atoms with Crippen molar-refractivity contribution in [2.75, 3.05) is 20.2 Å². The van der Waals surface area contributed by atoms with E-state index in [-0.39, 0.29) is 29.8 Å². The summed E-state index contributed by atoms with van der Waals surface area (Å²) < 4.78 is 5.21. The molecular formula is C13H21ClN2O2S. The Morgan fingerprint density at radius 1 is 1.58 bits per heavy atom. The highest BCUT2D eigenvalue weighted by molar-refractivity contribution is 7.12. The number of rotatable bonds is 2. The molecule has 2 heterocycles. The SMILES string of the molecule is COc1ccsc1C(=O)N1CCC(N)C(C)(C)C1.Cl. The molecule has 108 valence electrons. The van der Waals surface area contributed by atoms with Crippen molar-refractivity contribution < 1.29 is 9.53 Å². The third kappa shape index (κ3) is 3.22. The van der Waals surface area contributed by atoms with Gasteiger partial charge in [-0.1, -0.05) is 13.8 Å². The summed E-state index contributed by atoms with van der Waals surface area (Å²) >= 11 is 1.43. The predicted molar refractivity (Wildman–Crippen MR) is 80.4 cm³/mol. The van der Waals surface area contributed by atoms with Crippen LogP contribution < -0.4 is 10.5 Å². The number of hydrogen-bond donors (Lipinski definition) is 1. The van der Waals surface area contributed by atoms with Crippen molar-refractivity contribution in [2.45, 2.75) is 26.3 Å². The molecule has 0 radical (unpaired) electrons. The Labute approximate surface area is 124 Å². The third-order valence-corrected chi connectivity index (χ3v) is 4.53.